The van der Waals surface area contributed by atoms with Crippen LogP contribution in [-0.4, -0.2) is 31.3 Å². The number of ketones is 1. The summed E-state index contributed by atoms with van der Waals surface area (Å²) in [6, 6.07) is 3.58. The fourth-order valence-electron chi connectivity index (χ4n) is 2.41. The van der Waals surface area contributed by atoms with Gasteiger partial charge in [0.25, 0.3) is 5.78 Å². The largest absolute Gasteiger partial charge is 0.456 e. The summed E-state index contributed by atoms with van der Waals surface area (Å²) >= 11 is 8.85. The molecular weight excluding hydrogens is 469 g/mol. The number of alkyl halides is 1. The van der Waals surface area contributed by atoms with E-state index in [1.807, 2.05) is 0 Å². The molecule has 11 heteroatoms. The molecule has 7 nitrogen and oxygen atoms in total. The van der Waals surface area contributed by atoms with Crippen LogP contribution in [0.3, 0.4) is 0 Å². The van der Waals surface area contributed by atoms with Crippen molar-refractivity contribution in [1.29, 1.82) is 0 Å². The quantitative estimate of drug-likeness (QED) is 0.472. The van der Waals surface area contributed by atoms with Crippen molar-refractivity contribution in [2.45, 2.75) is 25.9 Å². The Morgan fingerprint density at radius 2 is 2.11 bits per heavy atom. The van der Waals surface area contributed by atoms with Crippen LogP contribution < -0.4 is 4.72 Å². The van der Waals surface area contributed by atoms with Crippen molar-refractivity contribution >= 4 is 49.3 Å². The summed E-state index contributed by atoms with van der Waals surface area (Å²) in [5.41, 5.74) is -2.12. The Balaban J connectivity index is 2.45. The van der Waals surface area contributed by atoms with Crippen molar-refractivity contribution in [2.75, 3.05) is 11.1 Å². The number of carbonyl (C=O) groups is 2. The Hall–Kier alpha value is -1.65. The summed E-state index contributed by atoms with van der Waals surface area (Å²) in [6.45, 7) is 2.28. The van der Waals surface area contributed by atoms with Gasteiger partial charge in [-0.05, 0) is 25.5 Å². The third kappa shape index (κ3) is 4.80. The second-order valence-electron chi connectivity index (χ2n) is 5.80. The molecule has 0 aliphatic carbocycles. The van der Waals surface area contributed by atoms with E-state index in [1.165, 1.54) is 19.1 Å². The standard InChI is InChI=1S/C16H16BrClFNO6S/c1-9(21)25-13-14(22)16(2,11-5-4-10(18)8-12(11)19)26-15(13)20-27(23,24)7-3-6-17/h4-5,8,20H,3,6-7H2,1-2H3. The maximum atomic E-state index is 14.4. The van der Waals surface area contributed by atoms with Crippen molar-refractivity contribution in [3.63, 3.8) is 0 Å². The van der Waals surface area contributed by atoms with E-state index in [9.17, 15) is 22.4 Å². The van der Waals surface area contributed by atoms with E-state index in [4.69, 9.17) is 21.1 Å². The van der Waals surface area contributed by atoms with E-state index in [1.54, 1.807) is 0 Å². The average Bonchev–Trinajstić information content (AvgIpc) is 2.77. The molecule has 0 fully saturated rings. The van der Waals surface area contributed by atoms with Crippen molar-refractivity contribution in [2.24, 2.45) is 0 Å². The van der Waals surface area contributed by atoms with Gasteiger partial charge >= 0.3 is 5.97 Å². The zero-order valence-corrected chi connectivity index (χ0v) is 17.5. The van der Waals surface area contributed by atoms with Gasteiger partial charge in [-0.3, -0.25) is 14.3 Å². The van der Waals surface area contributed by atoms with E-state index in [0.29, 0.717) is 11.8 Å². The number of hydrogen-bond donors (Lipinski definition) is 1. The van der Waals surface area contributed by atoms with Crippen LogP contribution in [0.4, 0.5) is 4.39 Å². The zero-order chi connectivity index (χ0) is 20.4. The lowest BCUT2D eigenvalue weighted by molar-refractivity contribution is -0.142. The topological polar surface area (TPSA) is 98.8 Å². The molecule has 2 rings (SSSR count). The van der Waals surface area contributed by atoms with Gasteiger partial charge in [0, 0.05) is 22.8 Å². The molecule has 1 aromatic carbocycles. The number of Topliss-reactive ketones (excluding diaryl/α,β-unsaturated/α-hetero) is 1. The third-order valence-corrected chi connectivity index (χ3v) is 5.76. The van der Waals surface area contributed by atoms with Crippen LogP contribution in [0.1, 0.15) is 25.8 Å². The first kappa shape index (κ1) is 21.6. The minimum absolute atomic E-state index is 0.106. The second-order valence-corrected chi connectivity index (χ2v) is 8.88. The number of esters is 1. The molecule has 0 bridgehead atoms. The highest BCUT2D eigenvalue weighted by Gasteiger charge is 2.51. The highest BCUT2D eigenvalue weighted by Crippen LogP contribution is 2.40. The van der Waals surface area contributed by atoms with Gasteiger partial charge in [-0.1, -0.05) is 33.6 Å². The second kappa shape index (κ2) is 8.15. The van der Waals surface area contributed by atoms with Crippen molar-refractivity contribution in [1.82, 2.24) is 4.72 Å². The number of halogens is 3. The van der Waals surface area contributed by atoms with Crippen molar-refractivity contribution in [3.8, 4) is 0 Å². The number of ether oxygens (including phenoxy) is 2. The molecular formula is C16H16BrClFNO6S. The maximum Gasteiger partial charge on any atom is 0.308 e. The molecule has 1 unspecified atom stereocenters. The summed E-state index contributed by atoms with van der Waals surface area (Å²) < 4.78 is 51.1. The van der Waals surface area contributed by atoms with Gasteiger partial charge in [-0.15, -0.1) is 0 Å². The van der Waals surface area contributed by atoms with E-state index in [-0.39, 0.29) is 16.3 Å². The van der Waals surface area contributed by atoms with E-state index in [2.05, 4.69) is 20.7 Å². The predicted octanol–water partition coefficient (Wildman–Crippen LogP) is 2.73. The molecule has 27 heavy (non-hydrogen) atoms. The summed E-state index contributed by atoms with van der Waals surface area (Å²) in [7, 11) is -3.89. The molecule has 0 spiro atoms. The predicted molar refractivity (Wildman–Crippen MR) is 99.0 cm³/mol. The molecule has 1 atom stereocenters. The number of nitrogens with one attached hydrogen (secondary N) is 1. The Bertz CT molecular complexity index is 919. The van der Waals surface area contributed by atoms with Crippen LogP contribution in [0.5, 0.6) is 0 Å². The molecule has 0 saturated heterocycles. The van der Waals surface area contributed by atoms with Crippen LogP contribution in [0.15, 0.2) is 29.8 Å². The molecule has 1 N–H and O–H groups in total. The molecule has 0 saturated carbocycles. The van der Waals surface area contributed by atoms with E-state index in [0.717, 1.165) is 13.0 Å². The lowest BCUT2D eigenvalue weighted by atomic mass is 9.91. The number of carbonyl (C=O) groups excluding carboxylic acids is 2. The number of benzene rings is 1. The highest BCUT2D eigenvalue weighted by atomic mass is 79.9. The lowest BCUT2D eigenvalue weighted by Crippen LogP contribution is -2.34. The first-order chi connectivity index (χ1) is 12.5. The Labute approximate surface area is 169 Å². The molecule has 0 amide bonds. The summed E-state index contributed by atoms with van der Waals surface area (Å²) in [6.07, 6.45) is 0.294. The average molecular weight is 485 g/mol. The number of sulfonamides is 1. The van der Waals surface area contributed by atoms with Gasteiger partial charge in [0.15, 0.2) is 0 Å². The fraction of sp³-hybridized carbons (Fsp3) is 0.375. The molecule has 1 aliphatic heterocycles. The third-order valence-electron chi connectivity index (χ3n) is 3.64. The van der Waals surface area contributed by atoms with Gasteiger partial charge in [0.1, 0.15) is 5.82 Å². The van der Waals surface area contributed by atoms with Gasteiger partial charge in [0.2, 0.25) is 27.3 Å². The van der Waals surface area contributed by atoms with Crippen molar-refractivity contribution < 1.29 is 31.9 Å². The monoisotopic (exact) mass is 483 g/mol. The van der Waals surface area contributed by atoms with Crippen molar-refractivity contribution in [3.05, 3.63) is 46.2 Å². The highest BCUT2D eigenvalue weighted by molar-refractivity contribution is 9.09. The van der Waals surface area contributed by atoms with Crippen LogP contribution in [0, 0.1) is 5.82 Å². The Morgan fingerprint density at radius 3 is 2.67 bits per heavy atom. The number of hydrogen-bond acceptors (Lipinski definition) is 6. The molecule has 1 heterocycles. The normalized spacial score (nSPS) is 19.8. The first-order valence-corrected chi connectivity index (χ1v) is 10.8. The Kier molecular flexibility index (Phi) is 6.54. The first-order valence-electron chi connectivity index (χ1n) is 7.68. The lowest BCUT2D eigenvalue weighted by Gasteiger charge is -2.24. The minimum atomic E-state index is -3.89. The maximum absolute atomic E-state index is 14.4. The van der Waals surface area contributed by atoms with E-state index < -0.39 is 44.8 Å². The van der Waals surface area contributed by atoms with Crippen LogP contribution in [0.25, 0.3) is 0 Å². The van der Waals surface area contributed by atoms with Gasteiger partial charge in [0.05, 0.1) is 5.75 Å². The molecule has 0 radical (unpaired) electrons. The van der Waals surface area contributed by atoms with Crippen LogP contribution in [-0.2, 0) is 34.7 Å². The SMILES string of the molecule is CC(=O)OC1=C(NS(=O)(=O)CCCBr)OC(C)(c2ccc(Cl)cc2F)C1=O. The smallest absolute Gasteiger partial charge is 0.308 e. The molecule has 0 aromatic heterocycles. The molecule has 1 aliphatic rings. The fourth-order valence-corrected chi connectivity index (χ4v) is 4.26. The number of rotatable bonds is 7. The minimum Gasteiger partial charge on any atom is -0.456 e. The van der Waals surface area contributed by atoms with E-state index >= 15 is 0 Å². The Morgan fingerprint density at radius 1 is 1.44 bits per heavy atom. The van der Waals surface area contributed by atoms with Crippen LogP contribution >= 0.6 is 27.5 Å². The summed E-state index contributed by atoms with van der Waals surface area (Å²) in [5, 5.41) is 0.547. The van der Waals surface area contributed by atoms with Crippen LogP contribution in [0.2, 0.25) is 5.02 Å². The zero-order valence-electron chi connectivity index (χ0n) is 14.3. The summed E-state index contributed by atoms with van der Waals surface area (Å²) in [4.78, 5) is 24.2. The molecule has 148 valence electrons. The molecule has 1 aromatic rings. The van der Waals surface area contributed by atoms with Gasteiger partial charge < -0.3 is 9.47 Å². The summed E-state index contributed by atoms with van der Waals surface area (Å²) in [5.74, 6) is -4.07. The van der Waals surface area contributed by atoms with Gasteiger partial charge in [-0.2, -0.15) is 0 Å². The van der Waals surface area contributed by atoms with Gasteiger partial charge in [-0.25, -0.2) is 12.8 Å².